The zero-order chi connectivity index (χ0) is 16.1. The number of benzene rings is 1. The first kappa shape index (κ1) is 16.8. The quantitative estimate of drug-likeness (QED) is 0.872. The molecule has 6 heteroatoms. The molecule has 1 heterocycles. The molecule has 0 radical (unpaired) electrons. The van der Waals surface area contributed by atoms with Crippen LogP contribution in [0.25, 0.3) is 0 Å². The summed E-state index contributed by atoms with van der Waals surface area (Å²) in [7, 11) is 0. The van der Waals surface area contributed by atoms with Crippen molar-refractivity contribution >= 4 is 34.2 Å². The van der Waals surface area contributed by atoms with Crippen molar-refractivity contribution in [2.45, 2.75) is 26.7 Å². The van der Waals surface area contributed by atoms with E-state index in [4.69, 9.17) is 0 Å². The summed E-state index contributed by atoms with van der Waals surface area (Å²) in [5.74, 6) is 0.388. The molecule has 1 fully saturated rings. The first-order valence-electron chi connectivity index (χ1n) is 7.48. The second kappa shape index (κ2) is 7.63. The topological polar surface area (TPSA) is 49.4 Å². The van der Waals surface area contributed by atoms with Gasteiger partial charge in [0.25, 0.3) is 0 Å². The summed E-state index contributed by atoms with van der Waals surface area (Å²) >= 11 is 1.24. The third-order valence-electron chi connectivity index (χ3n) is 3.54. The molecule has 1 aliphatic rings. The molecule has 0 spiro atoms. The molecule has 1 aromatic rings. The number of halogens is 1. The highest BCUT2D eigenvalue weighted by molar-refractivity contribution is 8.13. The van der Waals surface area contributed by atoms with Crippen LogP contribution in [0.5, 0.6) is 0 Å². The second-order valence-corrected chi connectivity index (χ2v) is 6.66. The summed E-state index contributed by atoms with van der Waals surface area (Å²) in [6.07, 6.45) is 1.35. The van der Waals surface area contributed by atoms with Gasteiger partial charge in [0.1, 0.15) is 5.82 Å². The highest BCUT2D eigenvalue weighted by Gasteiger charge is 2.32. The van der Waals surface area contributed by atoms with Crippen molar-refractivity contribution in [2.75, 3.05) is 29.1 Å². The summed E-state index contributed by atoms with van der Waals surface area (Å²) in [4.78, 5) is 24.9. The number of nitrogens with one attached hydrogen (secondary N) is 1. The Balaban J connectivity index is 2.14. The Bertz CT molecular complexity index is 565. The van der Waals surface area contributed by atoms with Gasteiger partial charge in [-0.05, 0) is 30.5 Å². The van der Waals surface area contributed by atoms with Crippen LogP contribution in [-0.4, -0.2) is 29.9 Å². The minimum absolute atomic E-state index is 0.0145. The highest BCUT2D eigenvalue weighted by atomic mass is 32.2. The fourth-order valence-electron chi connectivity index (χ4n) is 2.50. The molecule has 1 aliphatic heterocycles. The Hall–Kier alpha value is -1.56. The number of amides is 1. The van der Waals surface area contributed by atoms with E-state index in [1.54, 1.807) is 11.0 Å². The van der Waals surface area contributed by atoms with Crippen LogP contribution in [0.2, 0.25) is 0 Å². The summed E-state index contributed by atoms with van der Waals surface area (Å²) in [6.45, 7) is 4.87. The molecule has 0 aromatic heterocycles. The summed E-state index contributed by atoms with van der Waals surface area (Å²) in [5, 5.41) is 3.29. The fraction of sp³-hybridized carbons (Fsp3) is 0.500. The number of hydrogen-bond acceptors (Lipinski definition) is 4. The van der Waals surface area contributed by atoms with Crippen molar-refractivity contribution in [2.24, 2.45) is 5.92 Å². The third kappa shape index (κ3) is 4.22. The average molecular weight is 324 g/mol. The predicted octanol–water partition coefficient (Wildman–Crippen LogP) is 3.28. The largest absolute Gasteiger partial charge is 0.383 e. The summed E-state index contributed by atoms with van der Waals surface area (Å²) in [5.41, 5.74) is 1.37. The van der Waals surface area contributed by atoms with Crippen LogP contribution in [0.1, 0.15) is 26.7 Å². The molecular weight excluding hydrogens is 303 g/mol. The van der Waals surface area contributed by atoms with Crippen molar-refractivity contribution in [3.8, 4) is 0 Å². The van der Waals surface area contributed by atoms with Gasteiger partial charge in [-0.2, -0.15) is 0 Å². The summed E-state index contributed by atoms with van der Waals surface area (Å²) in [6, 6.07) is 4.47. The minimum atomic E-state index is -0.355. The Labute approximate surface area is 134 Å². The highest BCUT2D eigenvalue weighted by Crippen LogP contribution is 2.33. The number of nitrogens with zero attached hydrogens (tertiary/aromatic N) is 1. The van der Waals surface area contributed by atoms with Gasteiger partial charge in [-0.25, -0.2) is 4.39 Å². The zero-order valence-electron chi connectivity index (χ0n) is 12.9. The molecule has 4 nitrogen and oxygen atoms in total. The zero-order valence-corrected chi connectivity index (χ0v) is 13.7. The van der Waals surface area contributed by atoms with Crippen LogP contribution >= 0.6 is 11.8 Å². The molecule has 1 N–H and O–H groups in total. The first-order valence-corrected chi connectivity index (χ1v) is 8.47. The van der Waals surface area contributed by atoms with Gasteiger partial charge in [-0.1, -0.05) is 18.7 Å². The standard InChI is InChI=1S/C16H21FN2O2S/c1-3-6-18-14-5-4-13(17)8-15(14)19-9-12(7-16(19)21)10-22-11(2)20/h4-5,8,12,18H,3,6-7,9-10H2,1-2H3. The monoisotopic (exact) mass is 324 g/mol. The van der Waals surface area contributed by atoms with Crippen LogP contribution in [0.3, 0.4) is 0 Å². The lowest BCUT2D eigenvalue weighted by Crippen LogP contribution is -2.26. The number of anilines is 2. The number of carbonyl (C=O) groups is 2. The normalized spacial score (nSPS) is 17.9. The Kier molecular flexibility index (Phi) is 5.83. The molecule has 1 amide bonds. The van der Waals surface area contributed by atoms with E-state index in [-0.39, 0.29) is 22.8 Å². The molecule has 0 aliphatic carbocycles. The van der Waals surface area contributed by atoms with Crippen molar-refractivity contribution in [3.05, 3.63) is 24.0 Å². The minimum Gasteiger partial charge on any atom is -0.383 e. The second-order valence-electron chi connectivity index (χ2n) is 5.47. The van der Waals surface area contributed by atoms with Crippen LogP contribution in [-0.2, 0) is 9.59 Å². The maximum Gasteiger partial charge on any atom is 0.227 e. The van der Waals surface area contributed by atoms with Gasteiger partial charge in [0.2, 0.25) is 5.91 Å². The first-order chi connectivity index (χ1) is 10.5. The number of hydrogen-bond donors (Lipinski definition) is 1. The van der Waals surface area contributed by atoms with Gasteiger partial charge < -0.3 is 10.2 Å². The summed E-state index contributed by atoms with van der Waals surface area (Å²) < 4.78 is 13.6. The van der Waals surface area contributed by atoms with Crippen LogP contribution in [0.4, 0.5) is 15.8 Å². The predicted molar refractivity (Wildman–Crippen MR) is 88.8 cm³/mol. The van der Waals surface area contributed by atoms with Gasteiger partial charge in [0.15, 0.2) is 5.12 Å². The SMILES string of the molecule is CCCNc1ccc(F)cc1N1CC(CSC(C)=O)CC1=O. The number of thioether (sulfide) groups is 1. The molecule has 22 heavy (non-hydrogen) atoms. The van der Waals surface area contributed by atoms with Crippen LogP contribution in [0.15, 0.2) is 18.2 Å². The van der Waals surface area contributed by atoms with Crippen molar-refractivity contribution in [1.82, 2.24) is 0 Å². The van der Waals surface area contributed by atoms with E-state index in [1.807, 2.05) is 6.92 Å². The van der Waals surface area contributed by atoms with E-state index in [9.17, 15) is 14.0 Å². The molecule has 120 valence electrons. The van der Waals surface area contributed by atoms with Crippen molar-refractivity contribution < 1.29 is 14.0 Å². The van der Waals surface area contributed by atoms with Gasteiger partial charge in [0, 0.05) is 32.2 Å². The molecular formula is C16H21FN2O2S. The lowest BCUT2D eigenvalue weighted by Gasteiger charge is -2.21. The van der Waals surface area contributed by atoms with E-state index in [2.05, 4.69) is 5.32 Å². The molecule has 0 bridgehead atoms. The molecule has 2 rings (SSSR count). The number of carbonyl (C=O) groups excluding carboxylic acids is 2. The Morgan fingerprint density at radius 2 is 2.27 bits per heavy atom. The van der Waals surface area contributed by atoms with Gasteiger partial charge in [-0.3, -0.25) is 9.59 Å². The van der Waals surface area contributed by atoms with Crippen molar-refractivity contribution in [3.63, 3.8) is 0 Å². The lowest BCUT2D eigenvalue weighted by molar-refractivity contribution is -0.117. The molecule has 1 atom stereocenters. The van der Waals surface area contributed by atoms with Crippen LogP contribution < -0.4 is 10.2 Å². The van der Waals surface area contributed by atoms with Gasteiger partial charge >= 0.3 is 0 Å². The average Bonchev–Trinajstić information content (AvgIpc) is 2.85. The van der Waals surface area contributed by atoms with E-state index >= 15 is 0 Å². The maximum absolute atomic E-state index is 13.6. The van der Waals surface area contributed by atoms with Crippen molar-refractivity contribution in [1.29, 1.82) is 0 Å². The maximum atomic E-state index is 13.6. The number of rotatable bonds is 6. The fourth-order valence-corrected chi connectivity index (χ4v) is 3.19. The molecule has 1 aromatic carbocycles. The Morgan fingerprint density at radius 1 is 1.50 bits per heavy atom. The van der Waals surface area contributed by atoms with E-state index < -0.39 is 0 Å². The molecule has 0 saturated carbocycles. The van der Waals surface area contributed by atoms with Gasteiger partial charge in [0.05, 0.1) is 11.4 Å². The third-order valence-corrected chi connectivity index (χ3v) is 4.59. The smallest absolute Gasteiger partial charge is 0.227 e. The molecule has 1 unspecified atom stereocenters. The van der Waals surface area contributed by atoms with E-state index in [1.165, 1.54) is 30.8 Å². The van der Waals surface area contributed by atoms with E-state index in [0.29, 0.717) is 24.4 Å². The van der Waals surface area contributed by atoms with E-state index in [0.717, 1.165) is 18.7 Å². The van der Waals surface area contributed by atoms with Crippen LogP contribution in [0, 0.1) is 11.7 Å². The molecule has 1 saturated heterocycles. The van der Waals surface area contributed by atoms with Gasteiger partial charge in [-0.15, -0.1) is 0 Å². The Morgan fingerprint density at radius 3 is 2.95 bits per heavy atom. The lowest BCUT2D eigenvalue weighted by atomic mass is 10.1.